The first-order chi connectivity index (χ1) is 12.7. The van der Waals surface area contributed by atoms with Crippen molar-refractivity contribution in [3.8, 4) is 0 Å². The van der Waals surface area contributed by atoms with E-state index >= 15 is 0 Å². The Bertz CT molecular complexity index is 912. The molecule has 0 radical (unpaired) electrons. The van der Waals surface area contributed by atoms with Crippen LogP contribution < -0.4 is 16.2 Å². The molecule has 0 aliphatic carbocycles. The van der Waals surface area contributed by atoms with Crippen LogP contribution in [0.2, 0.25) is 0 Å². The quantitative estimate of drug-likeness (QED) is 0.579. The predicted octanol–water partition coefficient (Wildman–Crippen LogP) is 2.05. The van der Waals surface area contributed by atoms with Crippen molar-refractivity contribution in [3.05, 3.63) is 40.0 Å². The molecule has 27 heavy (non-hydrogen) atoms. The fraction of sp³-hybridized carbons (Fsp3) is 0.353. The molecule has 0 spiro atoms. The third-order valence-electron chi connectivity index (χ3n) is 3.98. The number of anilines is 1. The van der Waals surface area contributed by atoms with Gasteiger partial charge in [0, 0.05) is 11.1 Å². The van der Waals surface area contributed by atoms with Gasteiger partial charge in [-0.25, -0.2) is 8.42 Å². The van der Waals surface area contributed by atoms with E-state index in [0.717, 1.165) is 11.3 Å². The fourth-order valence-corrected chi connectivity index (χ4v) is 4.80. The lowest BCUT2D eigenvalue weighted by Gasteiger charge is -2.21. The Morgan fingerprint density at radius 2 is 1.59 bits per heavy atom. The number of nitrogens with zero attached hydrogens (tertiary/aromatic N) is 1. The number of nitrogens with two attached hydrogens (primary N) is 2. The van der Waals surface area contributed by atoms with Gasteiger partial charge in [0.2, 0.25) is 11.8 Å². The molecule has 0 unspecified atom stereocenters. The van der Waals surface area contributed by atoms with Gasteiger partial charge in [0.05, 0.1) is 17.4 Å². The lowest BCUT2D eigenvalue weighted by Crippen LogP contribution is -2.24. The summed E-state index contributed by atoms with van der Waals surface area (Å²) in [7, 11) is -3.93. The molecule has 0 atom stereocenters. The molecule has 146 valence electrons. The van der Waals surface area contributed by atoms with Crippen LogP contribution >= 0.6 is 11.3 Å². The Kier molecular flexibility index (Phi) is 6.55. The van der Waals surface area contributed by atoms with Crippen LogP contribution in [0.25, 0.3) is 0 Å². The molecule has 0 fully saturated rings. The molecule has 1 heterocycles. The molecule has 10 heteroatoms. The number of hydrogen-bond donors (Lipinski definition) is 3. The first-order valence-corrected chi connectivity index (χ1v) is 10.8. The molecule has 8 nitrogen and oxygen atoms in total. The van der Waals surface area contributed by atoms with E-state index in [1.54, 1.807) is 0 Å². The molecule has 0 saturated carbocycles. The third-order valence-corrected chi connectivity index (χ3v) is 6.60. The van der Waals surface area contributed by atoms with Gasteiger partial charge < -0.3 is 11.5 Å². The average Bonchev–Trinajstić information content (AvgIpc) is 3.13. The van der Waals surface area contributed by atoms with E-state index in [2.05, 4.69) is 9.71 Å². The highest BCUT2D eigenvalue weighted by Gasteiger charge is 2.26. The van der Waals surface area contributed by atoms with Gasteiger partial charge in [0.15, 0.2) is 4.21 Å². The fourth-order valence-electron chi connectivity index (χ4n) is 2.87. The number of primary amides is 2. The van der Waals surface area contributed by atoms with Crippen LogP contribution in [-0.2, 0) is 22.9 Å². The van der Waals surface area contributed by atoms with E-state index in [0.29, 0.717) is 36.8 Å². The summed E-state index contributed by atoms with van der Waals surface area (Å²) in [5, 5.41) is 0. The number of aromatic nitrogens is 1. The summed E-state index contributed by atoms with van der Waals surface area (Å²) in [6.45, 7) is 3.79. The maximum atomic E-state index is 12.8. The highest BCUT2D eigenvalue weighted by atomic mass is 32.2. The van der Waals surface area contributed by atoms with Gasteiger partial charge in [-0.3, -0.25) is 19.3 Å². The van der Waals surface area contributed by atoms with E-state index < -0.39 is 21.8 Å². The molecule has 1 aromatic heterocycles. The number of carbonyl (C=O) groups is 2. The van der Waals surface area contributed by atoms with Gasteiger partial charge >= 0.3 is 0 Å². The summed E-state index contributed by atoms with van der Waals surface area (Å²) < 4.78 is 28.1. The number of thiazole rings is 1. The number of nitrogens with one attached hydrogen (secondary N) is 1. The van der Waals surface area contributed by atoms with Crippen molar-refractivity contribution in [2.75, 3.05) is 4.72 Å². The average molecular weight is 411 g/mol. The van der Waals surface area contributed by atoms with Crippen molar-refractivity contribution >= 4 is 38.9 Å². The largest absolute Gasteiger partial charge is 0.366 e. The number of hydrogen-bond acceptors (Lipinski definition) is 6. The summed E-state index contributed by atoms with van der Waals surface area (Å²) in [5.74, 6) is -1.50. The first-order valence-electron chi connectivity index (χ1n) is 8.42. The standard InChI is InChI=1S/C17H22N4O4S2/c1-3-5-10-12(16(18)22)7-13(17(19)23)11(6-4-2)15(10)21-27(24,25)14-8-20-9-26-14/h7-9,21H,3-6H2,1-2H3,(H2,18,22)(H2,19,23). The third kappa shape index (κ3) is 4.45. The summed E-state index contributed by atoms with van der Waals surface area (Å²) in [5.41, 5.74) is 13.7. The molecule has 0 saturated heterocycles. The zero-order valence-corrected chi connectivity index (χ0v) is 16.7. The lowest BCUT2D eigenvalue weighted by atomic mass is 9.90. The Labute approximate surface area is 162 Å². The number of benzene rings is 1. The maximum absolute atomic E-state index is 12.8. The van der Waals surface area contributed by atoms with Crippen LogP contribution in [0.15, 0.2) is 22.0 Å². The SMILES string of the molecule is CCCc1c(C(N)=O)cc(C(N)=O)c(CCC)c1NS(=O)(=O)c1cncs1. The second kappa shape index (κ2) is 8.49. The van der Waals surface area contributed by atoms with Crippen LogP contribution in [-0.4, -0.2) is 25.2 Å². The molecule has 1 aromatic carbocycles. The van der Waals surface area contributed by atoms with Gasteiger partial charge in [0.1, 0.15) is 0 Å². The molecule has 5 N–H and O–H groups in total. The van der Waals surface area contributed by atoms with Gasteiger partial charge in [-0.2, -0.15) is 0 Å². The molecule has 0 aliphatic rings. The van der Waals surface area contributed by atoms with E-state index in [-0.39, 0.29) is 21.0 Å². The Balaban J connectivity index is 2.80. The highest BCUT2D eigenvalue weighted by Crippen LogP contribution is 2.33. The van der Waals surface area contributed by atoms with Crippen LogP contribution in [0.3, 0.4) is 0 Å². The zero-order chi connectivity index (χ0) is 20.2. The zero-order valence-electron chi connectivity index (χ0n) is 15.1. The summed E-state index contributed by atoms with van der Waals surface area (Å²) in [6.07, 6.45) is 3.36. The number of amides is 2. The van der Waals surface area contributed by atoms with Crippen LogP contribution in [0.4, 0.5) is 5.69 Å². The van der Waals surface area contributed by atoms with Crippen molar-refractivity contribution < 1.29 is 18.0 Å². The molecule has 2 rings (SSSR count). The van der Waals surface area contributed by atoms with Crippen molar-refractivity contribution in [2.45, 2.75) is 43.7 Å². The molecule has 0 bridgehead atoms. The lowest BCUT2D eigenvalue weighted by molar-refractivity contribution is 0.0998. The Hall–Kier alpha value is -2.46. The topological polar surface area (TPSA) is 145 Å². The molecular formula is C17H22N4O4S2. The minimum absolute atomic E-state index is 0.0255. The number of carbonyl (C=O) groups excluding carboxylic acids is 2. The van der Waals surface area contributed by atoms with E-state index in [4.69, 9.17) is 11.5 Å². The van der Waals surface area contributed by atoms with Crippen LogP contribution in [0, 0.1) is 0 Å². The summed E-state index contributed by atoms with van der Waals surface area (Å²) in [6, 6.07) is 1.37. The van der Waals surface area contributed by atoms with Crippen molar-refractivity contribution in [3.63, 3.8) is 0 Å². The second-order valence-corrected chi connectivity index (χ2v) is 8.75. The summed E-state index contributed by atoms with van der Waals surface area (Å²) in [4.78, 5) is 27.7. The molecule has 2 aromatic rings. The van der Waals surface area contributed by atoms with E-state index in [1.807, 2.05) is 13.8 Å². The molecule has 0 aliphatic heterocycles. The Morgan fingerprint density at radius 3 is 1.96 bits per heavy atom. The smallest absolute Gasteiger partial charge is 0.273 e. The molecule has 2 amide bonds. The van der Waals surface area contributed by atoms with E-state index in [9.17, 15) is 18.0 Å². The van der Waals surface area contributed by atoms with Crippen LogP contribution in [0.5, 0.6) is 0 Å². The van der Waals surface area contributed by atoms with E-state index in [1.165, 1.54) is 17.8 Å². The Morgan fingerprint density at radius 1 is 1.07 bits per heavy atom. The predicted molar refractivity (Wildman–Crippen MR) is 104 cm³/mol. The normalized spacial score (nSPS) is 11.3. The van der Waals surface area contributed by atoms with Crippen molar-refractivity contribution in [2.24, 2.45) is 11.5 Å². The minimum Gasteiger partial charge on any atom is -0.366 e. The highest BCUT2D eigenvalue weighted by molar-refractivity contribution is 7.94. The monoisotopic (exact) mass is 410 g/mol. The van der Waals surface area contributed by atoms with Crippen molar-refractivity contribution in [1.82, 2.24) is 4.98 Å². The van der Waals surface area contributed by atoms with Gasteiger partial charge in [0.25, 0.3) is 10.0 Å². The minimum atomic E-state index is -3.93. The second-order valence-electron chi connectivity index (χ2n) is 5.96. The van der Waals surface area contributed by atoms with Gasteiger partial charge in [-0.15, -0.1) is 11.3 Å². The number of sulfonamides is 1. The van der Waals surface area contributed by atoms with Gasteiger partial charge in [-0.05, 0) is 30.0 Å². The van der Waals surface area contributed by atoms with Gasteiger partial charge in [-0.1, -0.05) is 26.7 Å². The maximum Gasteiger partial charge on any atom is 0.273 e. The first kappa shape index (κ1) is 20.8. The summed E-state index contributed by atoms with van der Waals surface area (Å²) >= 11 is 0.964. The van der Waals surface area contributed by atoms with Crippen LogP contribution in [0.1, 0.15) is 58.5 Å². The number of rotatable bonds is 9. The van der Waals surface area contributed by atoms with Crippen molar-refractivity contribution in [1.29, 1.82) is 0 Å². The molecular weight excluding hydrogens is 388 g/mol.